The molecule has 38 heavy (non-hydrogen) atoms. The first-order valence-electron chi connectivity index (χ1n) is 12.4. The first-order valence-corrected chi connectivity index (χ1v) is 13.2. The van der Waals surface area contributed by atoms with Crippen molar-refractivity contribution in [1.29, 1.82) is 0 Å². The van der Waals surface area contributed by atoms with Crippen LogP contribution in [0.2, 0.25) is 0 Å². The Bertz CT molecular complexity index is 1320. The van der Waals surface area contributed by atoms with E-state index < -0.39 is 0 Å². The molecule has 4 rings (SSSR count). The van der Waals surface area contributed by atoms with E-state index in [1.165, 1.54) is 26.8 Å². The second-order valence-electron chi connectivity index (χ2n) is 9.12. The first-order chi connectivity index (χ1) is 18.4. The van der Waals surface area contributed by atoms with Crippen LogP contribution in [0.4, 0.5) is 0 Å². The molecular weight excluding hydrogens is 502 g/mol. The maximum absolute atomic E-state index is 13.8. The lowest BCUT2D eigenvalue weighted by Gasteiger charge is -2.27. The van der Waals surface area contributed by atoms with Crippen molar-refractivity contribution >= 4 is 28.9 Å². The van der Waals surface area contributed by atoms with Gasteiger partial charge in [-0.1, -0.05) is 24.3 Å². The molecule has 3 aromatic rings. The third-order valence-electron chi connectivity index (χ3n) is 6.71. The van der Waals surface area contributed by atoms with Gasteiger partial charge in [0.15, 0.2) is 11.5 Å². The Kier molecular flexibility index (Phi) is 8.81. The molecule has 9 heteroatoms. The second kappa shape index (κ2) is 12.2. The number of amides is 2. The lowest BCUT2D eigenvalue weighted by atomic mass is 9.96. The van der Waals surface area contributed by atoms with Crippen LogP contribution in [0.3, 0.4) is 0 Å². The minimum absolute atomic E-state index is 0.117. The van der Waals surface area contributed by atoms with Gasteiger partial charge in [0.2, 0.25) is 0 Å². The van der Waals surface area contributed by atoms with Gasteiger partial charge in [0.1, 0.15) is 6.54 Å². The third kappa shape index (κ3) is 5.89. The fourth-order valence-corrected chi connectivity index (χ4v) is 5.09. The number of ether oxygens (including phenoxy) is 3. The van der Waals surface area contributed by atoms with Gasteiger partial charge in [-0.15, -0.1) is 11.3 Å². The topological polar surface area (TPSA) is 80.7 Å². The summed E-state index contributed by atoms with van der Waals surface area (Å²) in [6.45, 7) is 4.62. The van der Waals surface area contributed by atoms with E-state index in [4.69, 9.17) is 19.3 Å². The van der Waals surface area contributed by atoms with Crippen LogP contribution in [-0.2, 0) is 9.53 Å². The lowest BCUT2D eigenvalue weighted by Crippen LogP contribution is -2.42. The summed E-state index contributed by atoms with van der Waals surface area (Å²) in [5.74, 6) is 0.705. The summed E-state index contributed by atoms with van der Waals surface area (Å²) >= 11 is 1.35. The highest BCUT2D eigenvalue weighted by atomic mass is 32.1. The molecule has 0 fully saturated rings. The predicted molar refractivity (Wildman–Crippen MR) is 148 cm³/mol. The van der Waals surface area contributed by atoms with Crippen LogP contribution >= 0.6 is 11.3 Å². The Morgan fingerprint density at radius 2 is 1.82 bits per heavy atom. The number of rotatable bonds is 10. The van der Waals surface area contributed by atoms with Crippen LogP contribution in [0.25, 0.3) is 0 Å². The normalized spacial score (nSPS) is 14.8. The highest BCUT2D eigenvalue weighted by molar-refractivity contribution is 7.12. The van der Waals surface area contributed by atoms with E-state index in [0.717, 1.165) is 22.4 Å². The van der Waals surface area contributed by atoms with Crippen molar-refractivity contribution in [2.45, 2.75) is 26.3 Å². The standard InChI is InChI=1S/C29H33N3O5S/c1-19-8-9-21(15-20(19)2)23-17-24(22-10-11-25(36-4)26(16-22)37-5)32(30-23)28(33)18-31(12-13-35-3)29(34)27-7-6-14-38-27/h6-11,14-16,24H,12-13,17-18H2,1-5H3/t24-/m0/s1. The van der Waals surface area contributed by atoms with Gasteiger partial charge in [0, 0.05) is 20.1 Å². The van der Waals surface area contributed by atoms with E-state index in [1.54, 1.807) is 27.4 Å². The number of hydrogen-bond acceptors (Lipinski definition) is 7. The van der Waals surface area contributed by atoms with E-state index in [2.05, 4.69) is 26.0 Å². The number of benzene rings is 2. The highest BCUT2D eigenvalue weighted by Gasteiger charge is 2.35. The molecule has 0 N–H and O–H groups in total. The number of carbonyl (C=O) groups is 2. The molecule has 8 nitrogen and oxygen atoms in total. The number of methoxy groups -OCH3 is 3. The fourth-order valence-electron chi connectivity index (χ4n) is 4.40. The van der Waals surface area contributed by atoms with Crippen molar-refractivity contribution in [2.75, 3.05) is 41.0 Å². The van der Waals surface area contributed by atoms with Crippen LogP contribution in [-0.4, -0.2) is 68.5 Å². The zero-order valence-corrected chi connectivity index (χ0v) is 23.2. The van der Waals surface area contributed by atoms with E-state index in [1.807, 2.05) is 35.7 Å². The molecule has 2 aromatic carbocycles. The molecule has 0 saturated carbocycles. The van der Waals surface area contributed by atoms with Gasteiger partial charge in [-0.25, -0.2) is 5.01 Å². The van der Waals surface area contributed by atoms with Crippen molar-refractivity contribution in [2.24, 2.45) is 5.10 Å². The van der Waals surface area contributed by atoms with E-state index in [0.29, 0.717) is 35.9 Å². The summed E-state index contributed by atoms with van der Waals surface area (Å²) in [5.41, 5.74) is 5.00. The number of aryl methyl sites for hydroxylation is 2. The van der Waals surface area contributed by atoms with Crippen molar-refractivity contribution in [3.05, 3.63) is 81.0 Å². The van der Waals surface area contributed by atoms with Crippen molar-refractivity contribution in [3.8, 4) is 11.5 Å². The molecule has 2 amide bonds. The van der Waals surface area contributed by atoms with Crippen molar-refractivity contribution in [1.82, 2.24) is 9.91 Å². The number of nitrogens with zero attached hydrogens (tertiary/aromatic N) is 3. The predicted octanol–water partition coefficient (Wildman–Crippen LogP) is 4.85. The molecule has 0 aliphatic carbocycles. The fraction of sp³-hybridized carbons (Fsp3) is 0.345. The highest BCUT2D eigenvalue weighted by Crippen LogP contribution is 2.37. The largest absolute Gasteiger partial charge is 0.493 e. The van der Waals surface area contributed by atoms with Gasteiger partial charge in [0.05, 0.1) is 37.5 Å². The van der Waals surface area contributed by atoms with Crippen molar-refractivity contribution < 1.29 is 23.8 Å². The molecule has 0 unspecified atom stereocenters. The van der Waals surface area contributed by atoms with Gasteiger partial charge in [-0.2, -0.15) is 5.10 Å². The van der Waals surface area contributed by atoms with Gasteiger partial charge in [-0.3, -0.25) is 9.59 Å². The third-order valence-corrected chi connectivity index (χ3v) is 7.57. The van der Waals surface area contributed by atoms with Crippen LogP contribution in [0.15, 0.2) is 59.0 Å². The van der Waals surface area contributed by atoms with Gasteiger partial charge in [0.25, 0.3) is 11.8 Å². The zero-order valence-electron chi connectivity index (χ0n) is 22.4. The number of carbonyl (C=O) groups excluding carboxylic acids is 2. The summed E-state index contributed by atoms with van der Waals surface area (Å²) in [5, 5.41) is 8.15. The molecule has 0 radical (unpaired) electrons. The molecule has 200 valence electrons. The number of hydrogen-bond donors (Lipinski definition) is 0. The lowest BCUT2D eigenvalue weighted by molar-refractivity contribution is -0.133. The Balaban J connectivity index is 1.68. The Morgan fingerprint density at radius 1 is 1.03 bits per heavy atom. The van der Waals surface area contributed by atoms with Crippen LogP contribution in [0, 0.1) is 13.8 Å². The number of hydrazone groups is 1. The quantitative estimate of drug-likeness (QED) is 0.371. The minimum Gasteiger partial charge on any atom is -0.493 e. The maximum Gasteiger partial charge on any atom is 0.264 e. The summed E-state index contributed by atoms with van der Waals surface area (Å²) in [6, 6.07) is 15.0. The van der Waals surface area contributed by atoms with Crippen LogP contribution in [0.1, 0.15) is 44.4 Å². The molecule has 1 aromatic heterocycles. The first kappa shape index (κ1) is 27.3. The van der Waals surface area contributed by atoms with Crippen LogP contribution < -0.4 is 9.47 Å². The summed E-state index contributed by atoms with van der Waals surface area (Å²) in [4.78, 5) is 29.0. The van der Waals surface area contributed by atoms with E-state index in [9.17, 15) is 9.59 Å². The Morgan fingerprint density at radius 3 is 2.47 bits per heavy atom. The second-order valence-corrected chi connectivity index (χ2v) is 10.1. The average Bonchev–Trinajstić information content (AvgIpc) is 3.63. The smallest absolute Gasteiger partial charge is 0.264 e. The molecule has 1 aliphatic heterocycles. The summed E-state index contributed by atoms with van der Waals surface area (Å²) in [7, 11) is 4.74. The molecule has 0 spiro atoms. The van der Waals surface area contributed by atoms with E-state index in [-0.39, 0.29) is 24.4 Å². The number of thiophene rings is 1. The maximum atomic E-state index is 13.8. The monoisotopic (exact) mass is 535 g/mol. The Hall–Kier alpha value is -3.69. The zero-order chi connectivity index (χ0) is 27.2. The summed E-state index contributed by atoms with van der Waals surface area (Å²) < 4.78 is 16.1. The Labute approximate surface area is 227 Å². The SMILES string of the molecule is COCCN(CC(=O)N1N=C(c2ccc(C)c(C)c2)C[C@H]1c1ccc(OC)c(OC)c1)C(=O)c1cccs1. The van der Waals surface area contributed by atoms with Gasteiger partial charge in [-0.05, 0) is 65.7 Å². The molecule has 0 saturated heterocycles. The average molecular weight is 536 g/mol. The van der Waals surface area contributed by atoms with E-state index >= 15 is 0 Å². The molecular formula is C29H33N3O5S. The van der Waals surface area contributed by atoms with Gasteiger partial charge < -0.3 is 19.1 Å². The van der Waals surface area contributed by atoms with Crippen LogP contribution in [0.5, 0.6) is 11.5 Å². The molecule has 2 heterocycles. The summed E-state index contributed by atoms with van der Waals surface area (Å²) in [6.07, 6.45) is 0.528. The minimum atomic E-state index is -0.361. The van der Waals surface area contributed by atoms with Gasteiger partial charge >= 0.3 is 0 Å². The molecule has 0 bridgehead atoms. The van der Waals surface area contributed by atoms with Crippen molar-refractivity contribution in [3.63, 3.8) is 0 Å². The molecule has 1 aliphatic rings. The molecule has 1 atom stereocenters.